The smallest absolute Gasteiger partial charge is 0.407 e. The van der Waals surface area contributed by atoms with E-state index in [0.717, 1.165) is 18.4 Å². The summed E-state index contributed by atoms with van der Waals surface area (Å²) in [4.78, 5) is 13.8. The van der Waals surface area contributed by atoms with Crippen LogP contribution in [-0.2, 0) is 4.74 Å². The Labute approximate surface area is 116 Å². The molecule has 3 unspecified atom stereocenters. The molecule has 0 bridgehead atoms. The van der Waals surface area contributed by atoms with Crippen molar-refractivity contribution in [3.8, 4) is 0 Å². The molecule has 0 radical (unpaired) electrons. The highest BCUT2D eigenvalue weighted by Gasteiger charge is 2.34. The van der Waals surface area contributed by atoms with E-state index < -0.39 is 5.60 Å². The summed E-state index contributed by atoms with van der Waals surface area (Å²) >= 11 is 0. The third-order valence-corrected chi connectivity index (χ3v) is 3.57. The molecule has 0 aliphatic heterocycles. The Hall–Kier alpha value is -0.810. The lowest BCUT2D eigenvalue weighted by Crippen LogP contribution is -2.47. The fourth-order valence-electron chi connectivity index (χ4n) is 2.11. The number of alkyl carbamates (subject to hydrolysis) is 1. The minimum Gasteiger partial charge on any atom is -0.444 e. The van der Waals surface area contributed by atoms with E-state index in [2.05, 4.69) is 24.2 Å². The Balaban J connectivity index is 2.29. The van der Waals surface area contributed by atoms with Gasteiger partial charge < -0.3 is 20.7 Å². The van der Waals surface area contributed by atoms with Crippen molar-refractivity contribution in [1.29, 1.82) is 0 Å². The normalized spacial score (nSPS) is 24.2. The maximum Gasteiger partial charge on any atom is 0.407 e. The number of ether oxygens (including phenoxy) is 1. The number of rotatable bonds is 6. The highest BCUT2D eigenvalue weighted by molar-refractivity contribution is 5.67. The average Bonchev–Trinajstić information content (AvgIpc) is 2.92. The molecule has 0 saturated heterocycles. The topological polar surface area (TPSA) is 67.6 Å². The van der Waals surface area contributed by atoms with Crippen molar-refractivity contribution < 1.29 is 9.53 Å². The number of nitrogens with two attached hydrogens (primary N) is 1. The Morgan fingerprint density at radius 1 is 1.53 bits per heavy atom. The second-order valence-corrected chi connectivity index (χ2v) is 6.68. The number of carbonyl (C=O) groups is 1. The van der Waals surface area contributed by atoms with E-state index in [1.165, 1.54) is 6.42 Å². The zero-order valence-electron chi connectivity index (χ0n) is 12.9. The van der Waals surface area contributed by atoms with Gasteiger partial charge in [-0.3, -0.25) is 0 Å². The number of hydrogen-bond acceptors (Lipinski definition) is 4. The zero-order valence-corrected chi connectivity index (χ0v) is 12.9. The minimum atomic E-state index is -0.461. The molecule has 1 amide bonds. The van der Waals surface area contributed by atoms with Crippen LogP contribution in [0, 0.1) is 11.8 Å². The molecule has 1 rings (SSSR count). The molecule has 0 heterocycles. The molecule has 1 aliphatic carbocycles. The van der Waals surface area contributed by atoms with Gasteiger partial charge in [-0.2, -0.15) is 0 Å². The molecule has 0 aromatic rings. The van der Waals surface area contributed by atoms with Crippen LogP contribution in [0.5, 0.6) is 0 Å². The van der Waals surface area contributed by atoms with Crippen LogP contribution in [0.15, 0.2) is 0 Å². The minimum absolute atomic E-state index is 0.167. The summed E-state index contributed by atoms with van der Waals surface area (Å²) in [5, 5.41) is 2.79. The summed E-state index contributed by atoms with van der Waals surface area (Å²) in [6, 6.07) is 0.167. The SMILES string of the molecule is CC1CC1CN(C)C(CN)CNC(=O)OC(C)(C)C. The highest BCUT2D eigenvalue weighted by atomic mass is 16.6. The van der Waals surface area contributed by atoms with Crippen molar-refractivity contribution in [2.24, 2.45) is 17.6 Å². The number of amides is 1. The Morgan fingerprint density at radius 2 is 2.11 bits per heavy atom. The third kappa shape index (κ3) is 6.25. The lowest BCUT2D eigenvalue weighted by Gasteiger charge is -2.28. The van der Waals surface area contributed by atoms with Gasteiger partial charge >= 0.3 is 6.09 Å². The van der Waals surface area contributed by atoms with Crippen LogP contribution >= 0.6 is 0 Å². The fourth-order valence-corrected chi connectivity index (χ4v) is 2.11. The predicted molar refractivity (Wildman–Crippen MR) is 77.0 cm³/mol. The summed E-state index contributed by atoms with van der Waals surface area (Å²) in [5.74, 6) is 1.63. The monoisotopic (exact) mass is 271 g/mol. The first kappa shape index (κ1) is 16.2. The molecule has 3 atom stereocenters. The predicted octanol–water partition coefficient (Wildman–Crippen LogP) is 1.43. The molecular weight excluding hydrogens is 242 g/mol. The molecule has 5 nitrogen and oxygen atoms in total. The van der Waals surface area contributed by atoms with Crippen molar-refractivity contribution in [1.82, 2.24) is 10.2 Å². The lowest BCUT2D eigenvalue weighted by atomic mass is 10.2. The van der Waals surface area contributed by atoms with Crippen LogP contribution < -0.4 is 11.1 Å². The van der Waals surface area contributed by atoms with E-state index in [0.29, 0.717) is 13.1 Å². The number of nitrogens with one attached hydrogen (secondary N) is 1. The van der Waals surface area contributed by atoms with Crippen LogP contribution in [0.25, 0.3) is 0 Å². The Morgan fingerprint density at radius 3 is 2.53 bits per heavy atom. The highest BCUT2D eigenvalue weighted by Crippen LogP contribution is 2.38. The van der Waals surface area contributed by atoms with E-state index in [-0.39, 0.29) is 12.1 Å². The van der Waals surface area contributed by atoms with Crippen LogP contribution in [0.1, 0.15) is 34.1 Å². The summed E-state index contributed by atoms with van der Waals surface area (Å²) in [7, 11) is 2.07. The number of nitrogens with zero attached hydrogens (tertiary/aromatic N) is 1. The van der Waals surface area contributed by atoms with Crippen LogP contribution in [0.4, 0.5) is 4.79 Å². The van der Waals surface area contributed by atoms with E-state index in [1.54, 1.807) is 0 Å². The van der Waals surface area contributed by atoms with E-state index in [4.69, 9.17) is 10.5 Å². The van der Waals surface area contributed by atoms with Gasteiger partial charge in [0.15, 0.2) is 0 Å². The second-order valence-electron chi connectivity index (χ2n) is 6.68. The van der Waals surface area contributed by atoms with Crippen LogP contribution in [-0.4, -0.2) is 49.3 Å². The van der Waals surface area contributed by atoms with Gasteiger partial charge in [0.25, 0.3) is 0 Å². The van der Waals surface area contributed by atoms with E-state index >= 15 is 0 Å². The quantitative estimate of drug-likeness (QED) is 0.767. The van der Waals surface area contributed by atoms with Gasteiger partial charge in [0.2, 0.25) is 0 Å². The summed E-state index contributed by atoms with van der Waals surface area (Å²) in [6.45, 7) is 9.96. The molecule has 1 aliphatic rings. The number of hydrogen-bond donors (Lipinski definition) is 2. The Kier molecular flexibility index (Phi) is 5.62. The van der Waals surface area contributed by atoms with Crippen LogP contribution in [0.3, 0.4) is 0 Å². The molecule has 0 aromatic heterocycles. The summed E-state index contributed by atoms with van der Waals surface area (Å²) in [6.07, 6.45) is 0.931. The first-order chi connectivity index (χ1) is 8.73. The van der Waals surface area contributed by atoms with Crippen molar-refractivity contribution in [2.75, 3.05) is 26.7 Å². The average molecular weight is 271 g/mol. The van der Waals surface area contributed by atoms with Gasteiger partial charge in [0.05, 0.1) is 0 Å². The second kappa shape index (κ2) is 6.57. The largest absolute Gasteiger partial charge is 0.444 e. The van der Waals surface area contributed by atoms with Gasteiger partial charge in [-0.1, -0.05) is 6.92 Å². The first-order valence-electron chi connectivity index (χ1n) is 7.10. The zero-order chi connectivity index (χ0) is 14.6. The fraction of sp³-hybridized carbons (Fsp3) is 0.929. The molecule has 3 N–H and O–H groups in total. The maximum atomic E-state index is 11.6. The molecular formula is C14H29N3O2. The molecule has 1 fully saturated rings. The third-order valence-electron chi connectivity index (χ3n) is 3.57. The van der Waals surface area contributed by atoms with Gasteiger partial charge in [-0.25, -0.2) is 4.79 Å². The first-order valence-corrected chi connectivity index (χ1v) is 7.10. The number of likely N-dealkylation sites (N-methyl/N-ethyl adjacent to an activating group) is 1. The van der Waals surface area contributed by atoms with Crippen molar-refractivity contribution in [3.63, 3.8) is 0 Å². The molecule has 5 heteroatoms. The van der Waals surface area contributed by atoms with Crippen molar-refractivity contribution >= 4 is 6.09 Å². The summed E-state index contributed by atoms with van der Waals surface area (Å²) in [5.41, 5.74) is 5.32. The number of carbonyl (C=O) groups excluding carboxylic acids is 1. The van der Waals surface area contributed by atoms with Crippen molar-refractivity contribution in [3.05, 3.63) is 0 Å². The van der Waals surface area contributed by atoms with Crippen LogP contribution in [0.2, 0.25) is 0 Å². The van der Waals surface area contributed by atoms with Gasteiger partial charge in [-0.15, -0.1) is 0 Å². The molecule has 1 saturated carbocycles. The van der Waals surface area contributed by atoms with E-state index in [9.17, 15) is 4.79 Å². The Bertz CT molecular complexity index is 302. The van der Waals surface area contributed by atoms with Crippen molar-refractivity contribution in [2.45, 2.75) is 45.8 Å². The van der Waals surface area contributed by atoms with Gasteiger partial charge in [0.1, 0.15) is 5.60 Å². The maximum absolute atomic E-state index is 11.6. The van der Waals surface area contributed by atoms with Gasteiger partial charge in [-0.05, 0) is 46.1 Å². The van der Waals surface area contributed by atoms with E-state index in [1.807, 2.05) is 20.8 Å². The lowest BCUT2D eigenvalue weighted by molar-refractivity contribution is 0.0511. The van der Waals surface area contributed by atoms with Gasteiger partial charge in [0, 0.05) is 25.7 Å². The molecule has 112 valence electrons. The summed E-state index contributed by atoms with van der Waals surface area (Å²) < 4.78 is 5.21. The standard InChI is InChI=1S/C14H29N3O2/c1-10-6-11(10)9-17(5)12(7-15)8-16-13(18)19-14(2,3)4/h10-12H,6-9,15H2,1-5H3,(H,16,18). The molecule has 0 aromatic carbocycles. The molecule has 0 spiro atoms. The molecule has 19 heavy (non-hydrogen) atoms.